The molecule has 0 spiro atoms. The molecule has 1 N–H and O–H groups in total. The minimum atomic E-state index is -0.670. The van der Waals surface area contributed by atoms with E-state index in [1.807, 2.05) is 17.5 Å². The number of carboxylic acid groups (broad SMARTS) is 1. The summed E-state index contributed by atoms with van der Waals surface area (Å²) in [6, 6.07) is 10.3. The van der Waals surface area contributed by atoms with Crippen molar-refractivity contribution in [2.75, 3.05) is 19.6 Å². The van der Waals surface area contributed by atoms with Crippen LogP contribution in [0.25, 0.3) is 5.57 Å². The molecule has 1 saturated heterocycles. The first-order valence-electron chi connectivity index (χ1n) is 9.01. The van der Waals surface area contributed by atoms with Gasteiger partial charge in [-0.25, -0.2) is 0 Å². The first kappa shape index (κ1) is 19.2. The minimum Gasteiger partial charge on any atom is -0.481 e. The largest absolute Gasteiger partial charge is 0.481 e. The summed E-state index contributed by atoms with van der Waals surface area (Å²) >= 11 is 8.07. The lowest BCUT2D eigenvalue weighted by atomic mass is 9.97. The smallest absolute Gasteiger partial charge is 0.307 e. The summed E-state index contributed by atoms with van der Waals surface area (Å²) in [6.07, 6.45) is 4.89. The molecule has 2 aromatic rings. The molecule has 26 heavy (non-hydrogen) atoms. The maximum Gasteiger partial charge on any atom is 0.307 e. The molecule has 1 aliphatic rings. The molecular formula is C21H24ClNO2S. The van der Waals surface area contributed by atoms with Crippen LogP contribution in [-0.2, 0) is 4.79 Å². The van der Waals surface area contributed by atoms with Gasteiger partial charge in [-0.15, -0.1) is 11.3 Å². The molecule has 0 radical (unpaired) electrons. The number of benzene rings is 1. The van der Waals surface area contributed by atoms with Crippen LogP contribution < -0.4 is 0 Å². The Hall–Kier alpha value is -1.62. The molecule has 1 unspecified atom stereocenters. The Bertz CT molecular complexity index is 799. The van der Waals surface area contributed by atoms with Crippen LogP contribution in [0.4, 0.5) is 0 Å². The second-order valence-electron chi connectivity index (χ2n) is 6.80. The van der Waals surface area contributed by atoms with Crippen LogP contribution in [0.5, 0.6) is 0 Å². The number of piperidine rings is 1. The molecule has 0 amide bonds. The number of aliphatic carboxylic acids is 1. The molecule has 0 saturated carbocycles. The zero-order valence-corrected chi connectivity index (χ0v) is 16.5. The number of rotatable bonds is 6. The number of aryl methyl sites for hydroxylation is 1. The lowest BCUT2D eigenvalue weighted by molar-refractivity contribution is -0.143. The first-order valence-corrected chi connectivity index (χ1v) is 10.3. The van der Waals surface area contributed by atoms with Crippen LogP contribution in [0.15, 0.2) is 41.8 Å². The van der Waals surface area contributed by atoms with E-state index in [0.29, 0.717) is 6.54 Å². The van der Waals surface area contributed by atoms with E-state index in [-0.39, 0.29) is 5.92 Å². The summed E-state index contributed by atoms with van der Waals surface area (Å²) in [5.74, 6) is -0.897. The number of hydrogen-bond donors (Lipinski definition) is 1. The van der Waals surface area contributed by atoms with Gasteiger partial charge in [-0.05, 0) is 60.9 Å². The molecular weight excluding hydrogens is 366 g/mol. The number of carbonyl (C=O) groups is 1. The van der Waals surface area contributed by atoms with Gasteiger partial charge in [0.05, 0.1) is 15.8 Å². The Kier molecular flexibility index (Phi) is 6.52. The van der Waals surface area contributed by atoms with E-state index in [0.717, 1.165) is 42.3 Å². The van der Waals surface area contributed by atoms with E-state index in [2.05, 4.69) is 36.1 Å². The van der Waals surface area contributed by atoms with Gasteiger partial charge in [0.15, 0.2) is 0 Å². The molecule has 1 aliphatic heterocycles. The van der Waals surface area contributed by atoms with Gasteiger partial charge in [0.2, 0.25) is 0 Å². The predicted octanol–water partition coefficient (Wildman–Crippen LogP) is 5.33. The molecule has 3 rings (SSSR count). The third-order valence-electron chi connectivity index (χ3n) is 4.95. The van der Waals surface area contributed by atoms with Gasteiger partial charge in [-0.2, -0.15) is 0 Å². The molecule has 0 aliphatic carbocycles. The van der Waals surface area contributed by atoms with E-state index in [1.54, 1.807) is 11.3 Å². The lowest BCUT2D eigenvalue weighted by Gasteiger charge is -2.30. The highest BCUT2D eigenvalue weighted by Gasteiger charge is 2.24. The fourth-order valence-electron chi connectivity index (χ4n) is 3.54. The van der Waals surface area contributed by atoms with Crippen molar-refractivity contribution in [3.05, 3.63) is 62.8 Å². The Labute approximate surface area is 163 Å². The van der Waals surface area contributed by atoms with Crippen molar-refractivity contribution in [1.29, 1.82) is 0 Å². The zero-order valence-electron chi connectivity index (χ0n) is 15.0. The highest BCUT2D eigenvalue weighted by Crippen LogP contribution is 2.35. The molecule has 5 heteroatoms. The standard InChI is InChI=1S/C21H24ClNO2S/c1-15-6-2-3-8-17(15)18(20-19(22)10-13-26-20)9-5-12-23-11-4-7-16(14-23)21(24)25/h2-3,6,8-10,13,16H,4-5,7,11-12,14H2,1H3,(H,24,25). The molecule has 1 fully saturated rings. The molecule has 1 aromatic carbocycles. The third-order valence-corrected chi connectivity index (χ3v) is 6.32. The quantitative estimate of drug-likeness (QED) is 0.726. The molecule has 2 heterocycles. The van der Waals surface area contributed by atoms with Crippen LogP contribution >= 0.6 is 22.9 Å². The fraction of sp³-hybridized carbons (Fsp3) is 0.381. The number of hydrogen-bond acceptors (Lipinski definition) is 3. The van der Waals surface area contributed by atoms with Gasteiger partial charge in [0, 0.05) is 13.1 Å². The zero-order chi connectivity index (χ0) is 18.5. The molecule has 1 atom stereocenters. The molecule has 3 nitrogen and oxygen atoms in total. The Morgan fingerprint density at radius 1 is 1.38 bits per heavy atom. The number of carboxylic acids is 1. The summed E-state index contributed by atoms with van der Waals surface area (Å²) in [4.78, 5) is 14.6. The molecule has 138 valence electrons. The van der Waals surface area contributed by atoms with Gasteiger partial charge in [-0.1, -0.05) is 41.9 Å². The van der Waals surface area contributed by atoms with E-state index in [4.69, 9.17) is 11.6 Å². The highest BCUT2D eigenvalue weighted by atomic mass is 35.5. The first-order chi connectivity index (χ1) is 12.6. The van der Waals surface area contributed by atoms with Crippen LogP contribution in [0.3, 0.4) is 0 Å². The number of thiophene rings is 1. The van der Waals surface area contributed by atoms with Gasteiger partial charge in [0.1, 0.15) is 0 Å². The number of halogens is 1. The lowest BCUT2D eigenvalue weighted by Crippen LogP contribution is -2.39. The van der Waals surface area contributed by atoms with E-state index >= 15 is 0 Å². The van der Waals surface area contributed by atoms with Crippen molar-refractivity contribution in [1.82, 2.24) is 4.90 Å². The topological polar surface area (TPSA) is 40.5 Å². The van der Waals surface area contributed by atoms with Crippen molar-refractivity contribution < 1.29 is 9.90 Å². The van der Waals surface area contributed by atoms with Crippen molar-refractivity contribution in [3.63, 3.8) is 0 Å². The van der Waals surface area contributed by atoms with Crippen molar-refractivity contribution in [2.24, 2.45) is 5.92 Å². The predicted molar refractivity (Wildman–Crippen MR) is 109 cm³/mol. The van der Waals surface area contributed by atoms with E-state index in [1.165, 1.54) is 16.7 Å². The number of nitrogens with zero attached hydrogens (tertiary/aromatic N) is 1. The van der Waals surface area contributed by atoms with Crippen LogP contribution in [0.1, 0.15) is 35.3 Å². The molecule has 1 aromatic heterocycles. The van der Waals surface area contributed by atoms with Crippen LogP contribution in [0.2, 0.25) is 5.02 Å². The van der Waals surface area contributed by atoms with Gasteiger partial charge in [0.25, 0.3) is 0 Å². The number of likely N-dealkylation sites (tertiary alicyclic amines) is 1. The Morgan fingerprint density at radius 2 is 2.19 bits per heavy atom. The van der Waals surface area contributed by atoms with Crippen LogP contribution in [-0.4, -0.2) is 35.6 Å². The minimum absolute atomic E-state index is 0.227. The van der Waals surface area contributed by atoms with Gasteiger partial charge in [-0.3, -0.25) is 4.79 Å². The van der Waals surface area contributed by atoms with Crippen molar-refractivity contribution in [3.8, 4) is 0 Å². The van der Waals surface area contributed by atoms with Crippen molar-refractivity contribution >= 4 is 34.5 Å². The summed E-state index contributed by atoms with van der Waals surface area (Å²) in [5, 5.41) is 12.1. The summed E-state index contributed by atoms with van der Waals surface area (Å²) in [7, 11) is 0. The van der Waals surface area contributed by atoms with E-state index < -0.39 is 5.97 Å². The van der Waals surface area contributed by atoms with Crippen molar-refractivity contribution in [2.45, 2.75) is 26.2 Å². The maximum atomic E-state index is 11.2. The normalized spacial score (nSPS) is 18.8. The van der Waals surface area contributed by atoms with Crippen LogP contribution in [0, 0.1) is 12.8 Å². The Balaban J connectivity index is 1.77. The second kappa shape index (κ2) is 8.85. The Morgan fingerprint density at radius 3 is 2.88 bits per heavy atom. The fourth-order valence-corrected chi connectivity index (χ4v) is 4.75. The monoisotopic (exact) mass is 389 g/mol. The molecule has 0 bridgehead atoms. The average Bonchev–Trinajstić information content (AvgIpc) is 3.06. The third kappa shape index (κ3) is 4.56. The summed E-state index contributed by atoms with van der Waals surface area (Å²) in [6.45, 7) is 4.63. The SMILES string of the molecule is Cc1ccccc1C(=CCCN1CCCC(C(=O)O)C1)c1sccc1Cl. The van der Waals surface area contributed by atoms with Gasteiger partial charge < -0.3 is 10.0 Å². The summed E-state index contributed by atoms with van der Waals surface area (Å²) < 4.78 is 0. The average molecular weight is 390 g/mol. The second-order valence-corrected chi connectivity index (χ2v) is 8.12. The van der Waals surface area contributed by atoms with E-state index in [9.17, 15) is 9.90 Å². The van der Waals surface area contributed by atoms with Gasteiger partial charge >= 0.3 is 5.97 Å². The maximum absolute atomic E-state index is 11.2. The highest BCUT2D eigenvalue weighted by molar-refractivity contribution is 7.11. The summed E-state index contributed by atoms with van der Waals surface area (Å²) in [5.41, 5.74) is 3.61.